The van der Waals surface area contributed by atoms with Gasteiger partial charge in [-0.1, -0.05) is 6.42 Å². The van der Waals surface area contributed by atoms with Crippen LogP contribution in [0.2, 0.25) is 0 Å². The Morgan fingerprint density at radius 3 is 2.63 bits per heavy atom. The van der Waals surface area contributed by atoms with Gasteiger partial charge in [0.05, 0.1) is 5.92 Å². The smallest absolute Gasteiger partial charge is 0.222 e. The van der Waals surface area contributed by atoms with Crippen molar-refractivity contribution in [2.24, 2.45) is 23.3 Å². The van der Waals surface area contributed by atoms with Crippen molar-refractivity contribution in [3.8, 4) is 0 Å². The number of amides is 2. The molecular weight excluding hydrogens is 242 g/mol. The Morgan fingerprint density at radius 1 is 1.16 bits per heavy atom. The Morgan fingerprint density at radius 2 is 1.95 bits per heavy atom. The maximum absolute atomic E-state index is 12.3. The normalized spacial score (nSPS) is 32.1. The fourth-order valence-corrected chi connectivity index (χ4v) is 3.33. The summed E-state index contributed by atoms with van der Waals surface area (Å²) in [6.45, 7) is 1.27. The van der Waals surface area contributed by atoms with E-state index in [0.717, 1.165) is 45.1 Å². The lowest BCUT2D eigenvalue weighted by atomic mass is 9.83. The largest absolute Gasteiger partial charge is 0.369 e. The van der Waals surface area contributed by atoms with Crippen LogP contribution in [0.1, 0.15) is 44.9 Å². The molecule has 5 nitrogen and oxygen atoms in total. The minimum Gasteiger partial charge on any atom is -0.369 e. The molecule has 2 fully saturated rings. The Bertz CT molecular complexity index is 346. The maximum atomic E-state index is 12.3. The molecule has 0 aromatic carbocycles. The molecular formula is C14H25N3O2. The predicted molar refractivity (Wildman–Crippen MR) is 73.0 cm³/mol. The predicted octanol–water partition coefficient (Wildman–Crippen LogP) is 0.618. The lowest BCUT2D eigenvalue weighted by Gasteiger charge is -2.33. The SMILES string of the molecule is NC(=O)C1CCCN(C(=O)CC2CCCC(N)C2)C1. The van der Waals surface area contributed by atoms with E-state index >= 15 is 0 Å². The van der Waals surface area contributed by atoms with Gasteiger partial charge in [0.1, 0.15) is 0 Å². The molecule has 5 heteroatoms. The van der Waals surface area contributed by atoms with Gasteiger partial charge >= 0.3 is 0 Å². The summed E-state index contributed by atoms with van der Waals surface area (Å²) < 4.78 is 0. The molecule has 0 radical (unpaired) electrons. The molecule has 0 aromatic rings. The molecule has 1 aliphatic heterocycles. The quantitative estimate of drug-likeness (QED) is 0.785. The third kappa shape index (κ3) is 3.93. The van der Waals surface area contributed by atoms with Gasteiger partial charge in [-0.15, -0.1) is 0 Å². The third-order valence-corrected chi connectivity index (χ3v) is 4.46. The van der Waals surface area contributed by atoms with Crippen molar-refractivity contribution in [3.63, 3.8) is 0 Å². The van der Waals surface area contributed by atoms with Gasteiger partial charge in [-0.2, -0.15) is 0 Å². The Kier molecular flexibility index (Phi) is 4.80. The van der Waals surface area contributed by atoms with E-state index in [2.05, 4.69) is 0 Å². The van der Waals surface area contributed by atoms with Crippen molar-refractivity contribution < 1.29 is 9.59 Å². The molecule has 1 heterocycles. The minimum absolute atomic E-state index is 0.161. The molecule has 0 bridgehead atoms. The number of piperidine rings is 1. The molecule has 4 N–H and O–H groups in total. The average molecular weight is 267 g/mol. The summed E-state index contributed by atoms with van der Waals surface area (Å²) in [6, 6.07) is 0.256. The number of rotatable bonds is 3. The number of primary amides is 1. The van der Waals surface area contributed by atoms with Crippen LogP contribution in [0.25, 0.3) is 0 Å². The van der Waals surface area contributed by atoms with Gasteiger partial charge in [0.15, 0.2) is 0 Å². The standard InChI is InChI=1S/C14H25N3O2/c15-12-5-1-3-10(7-12)8-13(18)17-6-2-4-11(9-17)14(16)19/h10-12H,1-9,15H2,(H2,16,19). The van der Waals surface area contributed by atoms with E-state index in [-0.39, 0.29) is 23.8 Å². The second kappa shape index (κ2) is 6.37. The summed E-state index contributed by atoms with van der Waals surface area (Å²) in [4.78, 5) is 25.3. The summed E-state index contributed by atoms with van der Waals surface area (Å²) in [5, 5.41) is 0. The maximum Gasteiger partial charge on any atom is 0.222 e. The van der Waals surface area contributed by atoms with Gasteiger partial charge in [0.2, 0.25) is 11.8 Å². The molecule has 0 aromatic heterocycles. The zero-order valence-electron chi connectivity index (χ0n) is 11.5. The summed E-state index contributed by atoms with van der Waals surface area (Å²) in [7, 11) is 0. The minimum atomic E-state index is -0.280. The lowest BCUT2D eigenvalue weighted by Crippen LogP contribution is -2.44. The molecule has 1 aliphatic carbocycles. The van der Waals surface area contributed by atoms with Crippen LogP contribution in [0.4, 0.5) is 0 Å². The van der Waals surface area contributed by atoms with Crippen LogP contribution in [-0.4, -0.2) is 35.8 Å². The van der Waals surface area contributed by atoms with Gasteiger partial charge in [-0.05, 0) is 38.0 Å². The first kappa shape index (κ1) is 14.3. The highest BCUT2D eigenvalue weighted by Crippen LogP contribution is 2.27. The molecule has 1 saturated heterocycles. The molecule has 3 unspecified atom stereocenters. The molecule has 2 amide bonds. The van der Waals surface area contributed by atoms with Crippen LogP contribution in [0, 0.1) is 11.8 Å². The highest BCUT2D eigenvalue weighted by atomic mass is 16.2. The number of carbonyl (C=O) groups excluding carboxylic acids is 2. The summed E-state index contributed by atoms with van der Waals surface area (Å²) in [5.41, 5.74) is 11.3. The summed E-state index contributed by atoms with van der Waals surface area (Å²) >= 11 is 0. The first-order valence-electron chi connectivity index (χ1n) is 7.39. The Labute approximate surface area is 114 Å². The van der Waals surface area contributed by atoms with Gasteiger partial charge in [-0.25, -0.2) is 0 Å². The summed E-state index contributed by atoms with van der Waals surface area (Å²) in [6.07, 6.45) is 6.54. The number of nitrogens with zero attached hydrogens (tertiary/aromatic N) is 1. The van der Waals surface area contributed by atoms with Crippen LogP contribution in [0.15, 0.2) is 0 Å². The second-order valence-electron chi connectivity index (χ2n) is 6.08. The molecule has 108 valence electrons. The molecule has 2 rings (SSSR count). The zero-order valence-corrected chi connectivity index (χ0v) is 11.5. The summed E-state index contributed by atoms with van der Waals surface area (Å²) in [5.74, 6) is 0.152. The van der Waals surface area contributed by atoms with Crippen molar-refractivity contribution >= 4 is 11.8 Å². The highest BCUT2D eigenvalue weighted by Gasteiger charge is 2.29. The monoisotopic (exact) mass is 267 g/mol. The molecule has 19 heavy (non-hydrogen) atoms. The van der Waals surface area contributed by atoms with E-state index in [9.17, 15) is 9.59 Å². The lowest BCUT2D eigenvalue weighted by molar-refractivity contribution is -0.136. The van der Waals surface area contributed by atoms with Crippen molar-refractivity contribution in [3.05, 3.63) is 0 Å². The van der Waals surface area contributed by atoms with E-state index in [1.807, 2.05) is 4.90 Å². The van der Waals surface area contributed by atoms with E-state index in [1.54, 1.807) is 0 Å². The van der Waals surface area contributed by atoms with Gasteiger partial charge < -0.3 is 16.4 Å². The fourth-order valence-electron chi connectivity index (χ4n) is 3.33. The van der Waals surface area contributed by atoms with Gasteiger partial charge in [0, 0.05) is 25.6 Å². The van der Waals surface area contributed by atoms with E-state index in [4.69, 9.17) is 11.5 Å². The average Bonchev–Trinajstić information content (AvgIpc) is 2.39. The fraction of sp³-hybridized carbons (Fsp3) is 0.857. The highest BCUT2D eigenvalue weighted by molar-refractivity contribution is 5.80. The molecule has 1 saturated carbocycles. The number of hydrogen-bond acceptors (Lipinski definition) is 3. The van der Waals surface area contributed by atoms with E-state index in [1.165, 1.54) is 0 Å². The zero-order chi connectivity index (χ0) is 13.8. The number of hydrogen-bond donors (Lipinski definition) is 2. The Hall–Kier alpha value is -1.10. The topological polar surface area (TPSA) is 89.4 Å². The molecule has 2 aliphatic rings. The van der Waals surface area contributed by atoms with Gasteiger partial charge in [-0.3, -0.25) is 9.59 Å². The molecule has 0 spiro atoms. The van der Waals surface area contributed by atoms with Crippen LogP contribution in [0.3, 0.4) is 0 Å². The van der Waals surface area contributed by atoms with Crippen molar-refractivity contribution in [2.75, 3.05) is 13.1 Å². The first-order valence-corrected chi connectivity index (χ1v) is 7.39. The van der Waals surface area contributed by atoms with Crippen molar-refractivity contribution in [1.29, 1.82) is 0 Å². The van der Waals surface area contributed by atoms with E-state index < -0.39 is 0 Å². The Balaban J connectivity index is 1.83. The van der Waals surface area contributed by atoms with Crippen molar-refractivity contribution in [2.45, 2.75) is 51.0 Å². The van der Waals surface area contributed by atoms with Crippen LogP contribution < -0.4 is 11.5 Å². The number of nitrogens with two attached hydrogens (primary N) is 2. The van der Waals surface area contributed by atoms with Crippen LogP contribution in [0.5, 0.6) is 0 Å². The van der Waals surface area contributed by atoms with Crippen LogP contribution in [-0.2, 0) is 9.59 Å². The van der Waals surface area contributed by atoms with E-state index in [0.29, 0.717) is 18.9 Å². The number of carbonyl (C=O) groups is 2. The number of likely N-dealkylation sites (tertiary alicyclic amines) is 1. The van der Waals surface area contributed by atoms with Crippen LogP contribution >= 0.6 is 0 Å². The van der Waals surface area contributed by atoms with Crippen molar-refractivity contribution in [1.82, 2.24) is 4.90 Å². The first-order chi connectivity index (χ1) is 9.06. The second-order valence-corrected chi connectivity index (χ2v) is 6.08. The molecule has 3 atom stereocenters. The third-order valence-electron chi connectivity index (χ3n) is 4.46. The van der Waals surface area contributed by atoms with Gasteiger partial charge in [0.25, 0.3) is 0 Å².